The molecule has 7 nitrogen and oxygen atoms in total. The Kier molecular flexibility index (Phi) is 7.28. The number of amides is 1. The number of hydrogen-bond donors (Lipinski definition) is 2. The lowest BCUT2D eigenvalue weighted by atomic mass is 9.97. The van der Waals surface area contributed by atoms with E-state index in [1.165, 1.54) is 18.2 Å². The topological polar surface area (TPSA) is 104 Å². The number of rotatable bonds is 6. The van der Waals surface area contributed by atoms with Crippen molar-refractivity contribution in [3.8, 4) is 0 Å². The van der Waals surface area contributed by atoms with Gasteiger partial charge in [-0.3, -0.25) is 9.46 Å². The Balaban J connectivity index is 1.86. The van der Waals surface area contributed by atoms with Crippen molar-refractivity contribution in [1.82, 2.24) is 9.99 Å². The van der Waals surface area contributed by atoms with Gasteiger partial charge in [0.05, 0.1) is 20.5 Å². The van der Waals surface area contributed by atoms with Crippen LogP contribution in [0, 0.1) is 0 Å². The van der Waals surface area contributed by atoms with Gasteiger partial charge in [0.25, 0.3) is 5.91 Å². The number of fused-ring (bicyclic) bond motifs is 1. The smallest absolute Gasteiger partial charge is 0.326 e. The van der Waals surface area contributed by atoms with Crippen LogP contribution in [0.25, 0.3) is 0 Å². The fraction of sp³-hybridized carbons (Fsp3) is 0.300. The van der Waals surface area contributed by atoms with Gasteiger partial charge < -0.3 is 10.4 Å². The van der Waals surface area contributed by atoms with Crippen LogP contribution in [0.1, 0.15) is 27.0 Å². The Morgan fingerprint density at radius 3 is 2.65 bits per heavy atom. The molecule has 1 unspecified atom stereocenters. The lowest BCUT2D eigenvalue weighted by Crippen LogP contribution is -2.42. The summed E-state index contributed by atoms with van der Waals surface area (Å²) in [6.45, 7) is 1.37. The van der Waals surface area contributed by atoms with Crippen LogP contribution in [-0.2, 0) is 34.0 Å². The average Bonchev–Trinajstić information content (AvgIpc) is 2.66. The number of benzene rings is 2. The maximum absolute atomic E-state index is 12.9. The largest absolute Gasteiger partial charge is 0.480 e. The molecule has 0 aliphatic carbocycles. The molecule has 0 spiro atoms. The zero-order valence-corrected chi connectivity index (χ0v) is 20.0. The van der Waals surface area contributed by atoms with Crippen LogP contribution >= 0.6 is 32.6 Å². The van der Waals surface area contributed by atoms with Crippen molar-refractivity contribution in [2.75, 3.05) is 12.8 Å². The number of carbonyl (C=O) groups is 2. The van der Waals surface area contributed by atoms with E-state index in [1.807, 2.05) is 4.67 Å². The highest BCUT2D eigenvalue weighted by Gasteiger charge is 2.27. The van der Waals surface area contributed by atoms with Gasteiger partial charge in [-0.25, -0.2) is 13.2 Å². The first-order valence-corrected chi connectivity index (χ1v) is 12.5. The number of carboxylic acid groups (broad SMARTS) is 1. The van der Waals surface area contributed by atoms with Crippen LogP contribution in [0.15, 0.2) is 35.2 Å². The number of halogens is 2. The van der Waals surface area contributed by atoms with Gasteiger partial charge >= 0.3 is 5.97 Å². The summed E-state index contributed by atoms with van der Waals surface area (Å²) in [7, 11) is -0.831. The Morgan fingerprint density at radius 1 is 1.29 bits per heavy atom. The third-order valence-corrected chi connectivity index (χ3v) is 7.30. The van der Waals surface area contributed by atoms with Gasteiger partial charge in [0.2, 0.25) is 0 Å². The van der Waals surface area contributed by atoms with E-state index < -0.39 is 27.8 Å². The minimum atomic E-state index is -3.45. The zero-order valence-electron chi connectivity index (χ0n) is 16.6. The summed E-state index contributed by atoms with van der Waals surface area (Å²) in [6, 6.07) is 6.33. The highest BCUT2D eigenvalue weighted by atomic mass is 35.5. The number of hydrogen-bond acceptors (Lipinski definition) is 5. The van der Waals surface area contributed by atoms with Crippen molar-refractivity contribution >= 4 is 54.3 Å². The second-order valence-electron chi connectivity index (χ2n) is 7.39. The molecule has 0 saturated carbocycles. The molecule has 166 valence electrons. The van der Waals surface area contributed by atoms with Crippen LogP contribution in [0.3, 0.4) is 0 Å². The van der Waals surface area contributed by atoms with Gasteiger partial charge in [-0.1, -0.05) is 44.7 Å². The average molecular weight is 503 g/mol. The molecular weight excluding hydrogens is 482 g/mol. The molecule has 0 radical (unpaired) electrons. The summed E-state index contributed by atoms with van der Waals surface area (Å²) >= 11 is 12.8. The molecule has 0 aromatic heterocycles. The lowest BCUT2D eigenvalue weighted by molar-refractivity contribution is -0.139. The van der Waals surface area contributed by atoms with Gasteiger partial charge in [0.15, 0.2) is 9.84 Å². The zero-order chi connectivity index (χ0) is 22.9. The van der Waals surface area contributed by atoms with Crippen LogP contribution in [-0.4, -0.2) is 48.9 Å². The van der Waals surface area contributed by atoms with Crippen molar-refractivity contribution in [2.24, 2.45) is 0 Å². The van der Waals surface area contributed by atoms with Crippen molar-refractivity contribution in [2.45, 2.75) is 30.3 Å². The number of carbonyl (C=O) groups excluding carboxylic acids is 1. The molecule has 0 saturated heterocycles. The summed E-state index contributed by atoms with van der Waals surface area (Å²) < 4.78 is 25.5. The summed E-state index contributed by atoms with van der Waals surface area (Å²) in [5, 5.41) is 12.4. The van der Waals surface area contributed by atoms with Gasteiger partial charge in [-0.05, 0) is 41.3 Å². The molecule has 2 atom stereocenters. The van der Waals surface area contributed by atoms with E-state index in [1.54, 1.807) is 12.1 Å². The third kappa shape index (κ3) is 5.57. The highest BCUT2D eigenvalue weighted by molar-refractivity contribution is 7.90. The summed E-state index contributed by atoms with van der Waals surface area (Å²) in [5.74, 6) is -1.96. The second-order valence-corrected chi connectivity index (χ2v) is 10.9. The first-order chi connectivity index (χ1) is 14.5. The van der Waals surface area contributed by atoms with E-state index in [0.29, 0.717) is 18.5 Å². The predicted molar refractivity (Wildman–Crippen MR) is 122 cm³/mol. The normalized spacial score (nSPS) is 15.2. The van der Waals surface area contributed by atoms with Crippen LogP contribution in [0.4, 0.5) is 0 Å². The SMILES string of the molecule is CS(=O)(=O)c1cccc(C[C@H](NC(=O)c2c(Cl)cc3c(c2Cl)CCN(P)C3)C(=O)O)c1. The molecule has 31 heavy (non-hydrogen) atoms. The Morgan fingerprint density at radius 2 is 2.00 bits per heavy atom. The van der Waals surface area contributed by atoms with Gasteiger partial charge in [0.1, 0.15) is 6.04 Å². The van der Waals surface area contributed by atoms with Gasteiger partial charge in [0, 0.05) is 25.8 Å². The van der Waals surface area contributed by atoms with E-state index in [4.69, 9.17) is 23.2 Å². The van der Waals surface area contributed by atoms with Crippen molar-refractivity contribution in [1.29, 1.82) is 0 Å². The molecule has 0 bridgehead atoms. The Labute approximate surface area is 192 Å². The number of sulfone groups is 1. The predicted octanol–water partition coefficient (Wildman–Crippen LogP) is 2.97. The molecule has 1 aliphatic heterocycles. The van der Waals surface area contributed by atoms with Crippen LogP contribution in [0.2, 0.25) is 10.0 Å². The number of nitrogens with zero attached hydrogens (tertiary/aromatic N) is 1. The summed E-state index contributed by atoms with van der Waals surface area (Å²) in [4.78, 5) is 24.8. The highest BCUT2D eigenvalue weighted by Crippen LogP contribution is 2.35. The van der Waals surface area contributed by atoms with Gasteiger partial charge in [-0.2, -0.15) is 0 Å². The van der Waals surface area contributed by atoms with Crippen LogP contribution in [0.5, 0.6) is 0 Å². The van der Waals surface area contributed by atoms with Crippen LogP contribution < -0.4 is 5.32 Å². The van der Waals surface area contributed by atoms with E-state index in [2.05, 4.69) is 14.7 Å². The fourth-order valence-corrected chi connectivity index (χ4v) is 5.23. The Bertz CT molecular complexity index is 1160. The monoisotopic (exact) mass is 502 g/mol. The van der Waals surface area contributed by atoms with E-state index in [-0.39, 0.29) is 26.9 Å². The molecule has 1 aliphatic rings. The minimum Gasteiger partial charge on any atom is -0.480 e. The molecule has 1 amide bonds. The van der Waals surface area contributed by atoms with E-state index in [9.17, 15) is 23.1 Å². The van der Waals surface area contributed by atoms with Crippen molar-refractivity contribution < 1.29 is 23.1 Å². The third-order valence-electron chi connectivity index (χ3n) is 5.03. The molecule has 1 heterocycles. The quantitative estimate of drug-likeness (QED) is 0.588. The standard InChI is InChI=1S/C20H21Cl2N2O5PS/c1-31(28,29)13-4-2-3-11(7-13)8-16(20(26)27)23-19(25)17-15(21)9-12-10-24(30)6-5-14(12)18(17)22/h2-4,7,9,16H,5-6,8,10,30H2,1H3,(H,23,25)(H,26,27)/t16-/m0/s1. The summed E-state index contributed by atoms with van der Waals surface area (Å²) in [5.41, 5.74) is 2.23. The second kappa shape index (κ2) is 9.43. The first-order valence-electron chi connectivity index (χ1n) is 9.29. The van der Waals surface area contributed by atoms with Gasteiger partial charge in [-0.15, -0.1) is 0 Å². The molecule has 3 rings (SSSR count). The van der Waals surface area contributed by atoms with Crippen molar-refractivity contribution in [3.63, 3.8) is 0 Å². The molecular formula is C20H21Cl2N2O5PS. The van der Waals surface area contributed by atoms with E-state index >= 15 is 0 Å². The molecule has 2 aromatic rings. The summed E-state index contributed by atoms with van der Waals surface area (Å²) in [6.07, 6.45) is 1.60. The lowest BCUT2D eigenvalue weighted by Gasteiger charge is -2.27. The number of nitrogens with one attached hydrogen (secondary N) is 1. The van der Waals surface area contributed by atoms with E-state index in [0.717, 1.165) is 23.9 Å². The fourth-order valence-electron chi connectivity index (χ4n) is 3.45. The molecule has 11 heteroatoms. The number of carboxylic acids is 1. The first kappa shape index (κ1) is 24.0. The molecule has 0 fully saturated rings. The number of aliphatic carboxylic acids is 1. The minimum absolute atomic E-state index is 0.0374. The molecule has 2 N–H and O–H groups in total. The maximum Gasteiger partial charge on any atom is 0.326 e. The van der Waals surface area contributed by atoms with Crippen molar-refractivity contribution in [3.05, 3.63) is 62.6 Å². The Hall–Kier alpha value is -1.70. The maximum atomic E-state index is 12.9. The molecule has 2 aromatic carbocycles.